The lowest BCUT2D eigenvalue weighted by Gasteiger charge is -2.12. The van der Waals surface area contributed by atoms with Crippen molar-refractivity contribution >= 4 is 17.6 Å². The normalized spacial score (nSPS) is 10.2. The van der Waals surface area contributed by atoms with Crippen molar-refractivity contribution < 1.29 is 14.3 Å². The van der Waals surface area contributed by atoms with Crippen LogP contribution >= 0.6 is 11.6 Å². The fourth-order valence-electron chi connectivity index (χ4n) is 2.25. The van der Waals surface area contributed by atoms with E-state index in [1.165, 1.54) is 0 Å². The smallest absolute Gasteiger partial charge is 0.314 e. The Labute approximate surface area is 153 Å². The molecule has 0 bridgehead atoms. The van der Waals surface area contributed by atoms with Crippen molar-refractivity contribution in [2.45, 2.75) is 13.3 Å². The highest BCUT2D eigenvalue weighted by Gasteiger charge is 2.05. The van der Waals surface area contributed by atoms with Crippen LogP contribution < -0.4 is 20.1 Å². The molecule has 0 unspecified atom stereocenters. The second kappa shape index (κ2) is 9.79. The van der Waals surface area contributed by atoms with E-state index in [9.17, 15) is 4.79 Å². The maximum absolute atomic E-state index is 11.7. The van der Waals surface area contributed by atoms with E-state index in [0.717, 1.165) is 17.5 Å². The molecule has 0 radical (unpaired) electrons. The van der Waals surface area contributed by atoms with Crippen molar-refractivity contribution in [1.82, 2.24) is 10.6 Å². The van der Waals surface area contributed by atoms with E-state index >= 15 is 0 Å². The van der Waals surface area contributed by atoms with Gasteiger partial charge in [0.2, 0.25) is 0 Å². The molecule has 2 amide bonds. The first-order chi connectivity index (χ1) is 12.1. The third kappa shape index (κ3) is 6.55. The summed E-state index contributed by atoms with van der Waals surface area (Å²) in [5, 5.41) is 6.28. The van der Waals surface area contributed by atoms with Crippen molar-refractivity contribution in [2.24, 2.45) is 0 Å². The van der Waals surface area contributed by atoms with Crippen LogP contribution in [0.4, 0.5) is 4.79 Å². The van der Waals surface area contributed by atoms with Crippen molar-refractivity contribution in [2.75, 3.05) is 26.8 Å². The molecule has 134 valence electrons. The number of benzene rings is 2. The number of rotatable bonds is 8. The lowest BCUT2D eigenvalue weighted by Crippen LogP contribution is -2.38. The molecule has 2 aromatic carbocycles. The van der Waals surface area contributed by atoms with E-state index in [4.69, 9.17) is 21.1 Å². The number of carbonyl (C=O) groups excluding carboxylic acids is 1. The number of halogens is 1. The van der Waals surface area contributed by atoms with Crippen molar-refractivity contribution in [3.63, 3.8) is 0 Å². The van der Waals surface area contributed by atoms with Gasteiger partial charge in [0.25, 0.3) is 0 Å². The van der Waals surface area contributed by atoms with Gasteiger partial charge in [-0.05, 0) is 48.7 Å². The molecule has 2 N–H and O–H groups in total. The molecular formula is C19H23ClN2O3. The van der Waals surface area contributed by atoms with E-state index in [1.54, 1.807) is 7.11 Å². The zero-order valence-electron chi connectivity index (χ0n) is 14.5. The zero-order valence-corrected chi connectivity index (χ0v) is 15.2. The number of hydrogen-bond acceptors (Lipinski definition) is 3. The van der Waals surface area contributed by atoms with E-state index in [2.05, 4.69) is 10.6 Å². The molecule has 0 saturated carbocycles. The van der Waals surface area contributed by atoms with Gasteiger partial charge in [0.05, 0.1) is 13.7 Å². The van der Waals surface area contributed by atoms with Gasteiger partial charge in [0.1, 0.15) is 6.61 Å². The lowest BCUT2D eigenvalue weighted by atomic mass is 10.1. The standard InChI is InChI=1S/C19H23ClN2O3/c1-14-3-8-17(18(13-14)24-2)25-12-11-22-19(23)21-10-9-15-4-6-16(20)7-5-15/h3-8,13H,9-12H2,1-2H3,(H2,21,22,23). The Morgan fingerprint density at radius 2 is 1.76 bits per heavy atom. The second-order valence-electron chi connectivity index (χ2n) is 5.56. The summed E-state index contributed by atoms with van der Waals surface area (Å²) in [5.41, 5.74) is 2.22. The van der Waals surface area contributed by atoms with Gasteiger partial charge >= 0.3 is 6.03 Å². The van der Waals surface area contributed by atoms with Gasteiger partial charge in [-0.15, -0.1) is 0 Å². The Kier molecular flexibility index (Phi) is 7.41. The Hall–Kier alpha value is -2.40. The first kappa shape index (κ1) is 18.9. The summed E-state index contributed by atoms with van der Waals surface area (Å²) >= 11 is 5.84. The quantitative estimate of drug-likeness (QED) is 0.706. The average molecular weight is 363 g/mol. The monoisotopic (exact) mass is 362 g/mol. The van der Waals surface area contributed by atoms with Gasteiger partial charge < -0.3 is 20.1 Å². The molecule has 2 aromatic rings. The second-order valence-corrected chi connectivity index (χ2v) is 6.00. The predicted octanol–water partition coefficient (Wildman–Crippen LogP) is 3.58. The first-order valence-corrected chi connectivity index (χ1v) is 8.50. The van der Waals surface area contributed by atoms with Crippen LogP contribution in [0.5, 0.6) is 11.5 Å². The van der Waals surface area contributed by atoms with Gasteiger partial charge in [-0.25, -0.2) is 4.79 Å². The topological polar surface area (TPSA) is 59.6 Å². The van der Waals surface area contributed by atoms with Crippen LogP contribution in [0.1, 0.15) is 11.1 Å². The van der Waals surface area contributed by atoms with Crippen LogP contribution in [0, 0.1) is 6.92 Å². The van der Waals surface area contributed by atoms with Crippen LogP contribution in [0.15, 0.2) is 42.5 Å². The molecule has 0 heterocycles. The van der Waals surface area contributed by atoms with Crippen LogP contribution in [-0.4, -0.2) is 32.8 Å². The van der Waals surface area contributed by atoms with E-state index in [1.807, 2.05) is 49.4 Å². The number of carbonyl (C=O) groups is 1. The van der Waals surface area contributed by atoms with Gasteiger partial charge in [0.15, 0.2) is 11.5 Å². The van der Waals surface area contributed by atoms with Crippen LogP contribution in [0.3, 0.4) is 0 Å². The van der Waals surface area contributed by atoms with Crippen molar-refractivity contribution in [3.8, 4) is 11.5 Å². The molecule has 0 saturated heterocycles. The van der Waals surface area contributed by atoms with Gasteiger partial charge in [-0.3, -0.25) is 0 Å². The molecule has 0 aliphatic rings. The minimum Gasteiger partial charge on any atom is -0.493 e. The van der Waals surface area contributed by atoms with E-state index in [-0.39, 0.29) is 6.03 Å². The average Bonchev–Trinajstić information content (AvgIpc) is 2.61. The highest BCUT2D eigenvalue weighted by Crippen LogP contribution is 2.27. The molecule has 2 rings (SSSR count). The minimum absolute atomic E-state index is 0.214. The van der Waals surface area contributed by atoms with Crippen LogP contribution in [0.25, 0.3) is 0 Å². The molecule has 0 aliphatic carbocycles. The summed E-state index contributed by atoms with van der Waals surface area (Å²) in [4.78, 5) is 11.7. The maximum atomic E-state index is 11.7. The summed E-state index contributed by atoms with van der Waals surface area (Å²) < 4.78 is 10.9. The van der Waals surface area contributed by atoms with Crippen LogP contribution in [0.2, 0.25) is 5.02 Å². The summed E-state index contributed by atoms with van der Waals surface area (Å²) in [6, 6.07) is 13.1. The molecule has 0 spiro atoms. The fourth-order valence-corrected chi connectivity index (χ4v) is 2.38. The minimum atomic E-state index is -0.214. The highest BCUT2D eigenvalue weighted by molar-refractivity contribution is 6.30. The van der Waals surface area contributed by atoms with Gasteiger partial charge in [-0.1, -0.05) is 29.8 Å². The summed E-state index contributed by atoms with van der Waals surface area (Å²) in [6.45, 7) is 3.32. The molecule has 0 aromatic heterocycles. The maximum Gasteiger partial charge on any atom is 0.314 e. The number of urea groups is 1. The number of methoxy groups -OCH3 is 1. The number of aryl methyl sites for hydroxylation is 1. The summed E-state index contributed by atoms with van der Waals surface area (Å²) in [5.74, 6) is 1.35. The largest absolute Gasteiger partial charge is 0.493 e. The van der Waals surface area contributed by atoms with Gasteiger partial charge in [-0.2, -0.15) is 0 Å². The van der Waals surface area contributed by atoms with Crippen LogP contribution in [-0.2, 0) is 6.42 Å². The number of amides is 2. The third-order valence-electron chi connectivity index (χ3n) is 3.58. The van der Waals surface area contributed by atoms with Gasteiger partial charge in [0, 0.05) is 11.6 Å². The predicted molar refractivity (Wildman–Crippen MR) is 99.8 cm³/mol. The Bertz CT molecular complexity index is 690. The Morgan fingerprint density at radius 3 is 2.48 bits per heavy atom. The molecule has 0 atom stereocenters. The Morgan fingerprint density at radius 1 is 1.04 bits per heavy atom. The molecule has 25 heavy (non-hydrogen) atoms. The third-order valence-corrected chi connectivity index (χ3v) is 3.83. The molecule has 6 heteroatoms. The molecular weight excluding hydrogens is 340 g/mol. The number of hydrogen-bond donors (Lipinski definition) is 2. The summed E-state index contributed by atoms with van der Waals surface area (Å²) in [7, 11) is 1.61. The summed E-state index contributed by atoms with van der Waals surface area (Å²) in [6.07, 6.45) is 0.752. The lowest BCUT2D eigenvalue weighted by molar-refractivity contribution is 0.235. The van der Waals surface area contributed by atoms with E-state index < -0.39 is 0 Å². The first-order valence-electron chi connectivity index (χ1n) is 8.12. The highest BCUT2D eigenvalue weighted by atomic mass is 35.5. The zero-order chi connectivity index (χ0) is 18.1. The molecule has 0 fully saturated rings. The molecule has 5 nitrogen and oxygen atoms in total. The SMILES string of the molecule is COc1cc(C)ccc1OCCNC(=O)NCCc1ccc(Cl)cc1. The van der Waals surface area contributed by atoms with Crippen molar-refractivity contribution in [1.29, 1.82) is 0 Å². The fraction of sp³-hybridized carbons (Fsp3) is 0.316. The molecule has 0 aliphatic heterocycles. The number of ether oxygens (including phenoxy) is 2. The van der Waals surface area contributed by atoms with E-state index in [0.29, 0.717) is 36.2 Å². The number of nitrogens with one attached hydrogen (secondary N) is 2. The Balaban J connectivity index is 1.63. The van der Waals surface area contributed by atoms with Crippen molar-refractivity contribution in [3.05, 3.63) is 58.6 Å².